The molecule has 9 nitrogen and oxygen atoms in total. The van der Waals surface area contributed by atoms with Gasteiger partial charge in [-0.1, -0.05) is 18.9 Å². The van der Waals surface area contributed by atoms with Gasteiger partial charge in [0.05, 0.1) is 11.6 Å². The summed E-state index contributed by atoms with van der Waals surface area (Å²) in [6.07, 6.45) is 1.66. The van der Waals surface area contributed by atoms with Crippen LogP contribution in [0, 0.1) is 11.3 Å². The second-order valence-corrected chi connectivity index (χ2v) is 6.92. The van der Waals surface area contributed by atoms with E-state index in [0.717, 1.165) is 17.7 Å². The van der Waals surface area contributed by atoms with E-state index >= 15 is 0 Å². The Labute approximate surface area is 161 Å². The van der Waals surface area contributed by atoms with Gasteiger partial charge in [0, 0.05) is 5.69 Å². The number of anilines is 1. The number of nitrogens with one attached hydrogen (secondary N) is 2. The minimum absolute atomic E-state index is 0.377. The molecule has 146 valence electrons. The zero-order chi connectivity index (χ0) is 20.3. The molecule has 28 heavy (non-hydrogen) atoms. The molecule has 0 aromatic heterocycles. The molecular formula is C19H20N4O5. The lowest BCUT2D eigenvalue weighted by molar-refractivity contribution is -0.155. The Kier molecular flexibility index (Phi) is 5.31. The van der Waals surface area contributed by atoms with Crippen LogP contribution in [0.25, 0.3) is 0 Å². The number of esters is 1. The van der Waals surface area contributed by atoms with Crippen molar-refractivity contribution in [3.8, 4) is 6.07 Å². The maximum absolute atomic E-state index is 12.5. The number of ether oxygens (including phenoxy) is 1. The van der Waals surface area contributed by atoms with Crippen molar-refractivity contribution >= 4 is 29.5 Å². The first-order valence-corrected chi connectivity index (χ1v) is 8.99. The molecular weight excluding hydrogens is 364 g/mol. The zero-order valence-corrected chi connectivity index (χ0v) is 15.4. The smallest absolute Gasteiger partial charge is 0.327 e. The van der Waals surface area contributed by atoms with Crippen molar-refractivity contribution in [2.45, 2.75) is 44.2 Å². The molecule has 9 heteroatoms. The number of imide groups is 1. The lowest BCUT2D eigenvalue weighted by Gasteiger charge is -2.20. The number of amides is 4. The summed E-state index contributed by atoms with van der Waals surface area (Å²) in [7, 11) is 0. The third-order valence-electron chi connectivity index (χ3n) is 4.93. The molecule has 1 aromatic carbocycles. The number of nitriles is 1. The fraction of sp³-hybridized carbons (Fsp3) is 0.421. The van der Waals surface area contributed by atoms with Crippen LogP contribution in [-0.2, 0) is 19.1 Å². The van der Waals surface area contributed by atoms with Crippen molar-refractivity contribution in [2.75, 3.05) is 11.9 Å². The van der Waals surface area contributed by atoms with Gasteiger partial charge in [-0.25, -0.2) is 4.79 Å². The molecule has 2 aliphatic rings. The van der Waals surface area contributed by atoms with E-state index < -0.39 is 42.0 Å². The van der Waals surface area contributed by atoms with Crippen LogP contribution >= 0.6 is 0 Å². The topological polar surface area (TPSA) is 129 Å². The summed E-state index contributed by atoms with van der Waals surface area (Å²) in [4.78, 5) is 49.8. The fourth-order valence-electron chi connectivity index (χ4n) is 3.46. The number of urea groups is 1. The highest BCUT2D eigenvalue weighted by Gasteiger charge is 2.52. The van der Waals surface area contributed by atoms with Gasteiger partial charge in [-0.05, 0) is 38.0 Å². The summed E-state index contributed by atoms with van der Waals surface area (Å²) >= 11 is 0. The molecule has 1 spiro atoms. The molecule has 1 aliphatic heterocycles. The van der Waals surface area contributed by atoms with Crippen molar-refractivity contribution in [1.82, 2.24) is 10.2 Å². The van der Waals surface area contributed by atoms with Crippen LogP contribution in [0.2, 0.25) is 0 Å². The molecule has 4 amide bonds. The molecule has 1 heterocycles. The predicted molar refractivity (Wildman–Crippen MR) is 96.8 cm³/mol. The highest BCUT2D eigenvalue weighted by atomic mass is 16.5. The third-order valence-corrected chi connectivity index (χ3v) is 4.93. The second kappa shape index (κ2) is 7.68. The molecule has 0 radical (unpaired) electrons. The molecule has 2 N–H and O–H groups in total. The monoisotopic (exact) mass is 384 g/mol. The normalized spacial score (nSPS) is 18.5. The van der Waals surface area contributed by atoms with Crippen molar-refractivity contribution in [2.24, 2.45) is 0 Å². The van der Waals surface area contributed by atoms with E-state index in [1.165, 1.54) is 13.0 Å². The molecule has 1 saturated heterocycles. The van der Waals surface area contributed by atoms with Crippen LogP contribution in [0.5, 0.6) is 0 Å². The largest absolute Gasteiger partial charge is 0.451 e. The van der Waals surface area contributed by atoms with Crippen molar-refractivity contribution < 1.29 is 23.9 Å². The summed E-state index contributed by atoms with van der Waals surface area (Å²) in [6, 6.07) is 7.63. The van der Waals surface area contributed by atoms with Crippen molar-refractivity contribution in [3.63, 3.8) is 0 Å². The van der Waals surface area contributed by atoms with Gasteiger partial charge in [0.15, 0.2) is 6.10 Å². The van der Waals surface area contributed by atoms with E-state index in [1.54, 1.807) is 18.2 Å². The average molecular weight is 384 g/mol. The second-order valence-electron chi connectivity index (χ2n) is 6.92. The minimum atomic E-state index is -1.14. The lowest BCUT2D eigenvalue weighted by Crippen LogP contribution is -2.44. The van der Waals surface area contributed by atoms with E-state index in [1.807, 2.05) is 6.07 Å². The van der Waals surface area contributed by atoms with Gasteiger partial charge in [-0.15, -0.1) is 0 Å². The molecule has 0 bridgehead atoms. The van der Waals surface area contributed by atoms with E-state index in [-0.39, 0.29) is 0 Å². The van der Waals surface area contributed by atoms with E-state index in [4.69, 9.17) is 10.00 Å². The molecule has 0 unspecified atom stereocenters. The van der Waals surface area contributed by atoms with Gasteiger partial charge in [-0.3, -0.25) is 19.3 Å². The zero-order valence-electron chi connectivity index (χ0n) is 15.4. The van der Waals surface area contributed by atoms with E-state index in [2.05, 4.69) is 10.6 Å². The Balaban J connectivity index is 1.55. The number of hydrogen-bond acceptors (Lipinski definition) is 6. The maximum atomic E-state index is 12.5. The lowest BCUT2D eigenvalue weighted by atomic mass is 9.98. The number of rotatable bonds is 5. The van der Waals surface area contributed by atoms with Crippen molar-refractivity contribution in [3.05, 3.63) is 29.8 Å². The van der Waals surface area contributed by atoms with Crippen molar-refractivity contribution in [1.29, 1.82) is 5.26 Å². The Morgan fingerprint density at radius 1 is 1.36 bits per heavy atom. The fourth-order valence-corrected chi connectivity index (χ4v) is 3.46. The Morgan fingerprint density at radius 2 is 2.07 bits per heavy atom. The number of carbonyl (C=O) groups excluding carboxylic acids is 4. The first kappa shape index (κ1) is 19.4. The predicted octanol–water partition coefficient (Wildman–Crippen LogP) is 1.29. The van der Waals surface area contributed by atoms with Gasteiger partial charge >= 0.3 is 12.0 Å². The van der Waals surface area contributed by atoms with E-state index in [9.17, 15) is 19.2 Å². The Morgan fingerprint density at radius 3 is 2.75 bits per heavy atom. The first-order valence-electron chi connectivity index (χ1n) is 8.99. The number of nitrogens with zero attached hydrogens (tertiary/aromatic N) is 2. The van der Waals surface area contributed by atoms with Crippen LogP contribution in [-0.4, -0.2) is 46.9 Å². The van der Waals surface area contributed by atoms with Crippen LogP contribution in [0.1, 0.15) is 38.2 Å². The molecule has 1 atom stereocenters. The number of carbonyl (C=O) groups is 4. The summed E-state index contributed by atoms with van der Waals surface area (Å²) in [5.41, 5.74) is -0.127. The Bertz CT molecular complexity index is 869. The maximum Gasteiger partial charge on any atom is 0.327 e. The van der Waals surface area contributed by atoms with Crippen LogP contribution < -0.4 is 10.6 Å². The number of hydrogen-bond donors (Lipinski definition) is 2. The van der Waals surface area contributed by atoms with Crippen LogP contribution in [0.3, 0.4) is 0 Å². The molecule has 3 rings (SSSR count). The first-order chi connectivity index (χ1) is 13.3. The summed E-state index contributed by atoms with van der Waals surface area (Å²) in [5, 5.41) is 14.1. The third kappa shape index (κ3) is 3.81. The quantitative estimate of drug-likeness (QED) is 0.581. The Hall–Kier alpha value is -3.41. The van der Waals surface area contributed by atoms with Crippen LogP contribution in [0.4, 0.5) is 10.5 Å². The molecule has 1 aliphatic carbocycles. The van der Waals surface area contributed by atoms with Gasteiger partial charge in [0.1, 0.15) is 12.1 Å². The highest BCUT2D eigenvalue weighted by Crippen LogP contribution is 2.34. The molecule has 1 saturated carbocycles. The van der Waals surface area contributed by atoms with Gasteiger partial charge in [-0.2, -0.15) is 5.26 Å². The standard InChI is InChI=1S/C19H20N4O5/c1-12(16(25)21-14-6-4-5-13(9-14)10-20)28-15(24)11-23-17(26)19(22-18(23)27)7-2-3-8-19/h4-6,9,12H,2-3,7-8,11H2,1H3,(H,21,25)(H,22,27)/t12-/m0/s1. The molecule has 1 aromatic rings. The average Bonchev–Trinajstić information content (AvgIpc) is 3.22. The van der Waals surface area contributed by atoms with Gasteiger partial charge < -0.3 is 15.4 Å². The van der Waals surface area contributed by atoms with E-state index in [0.29, 0.717) is 24.1 Å². The number of benzene rings is 1. The molecule has 2 fully saturated rings. The summed E-state index contributed by atoms with van der Waals surface area (Å²) in [6.45, 7) is 0.833. The SMILES string of the molecule is C[C@H](OC(=O)CN1C(=O)NC2(CCCC2)C1=O)C(=O)Nc1cccc(C#N)c1. The minimum Gasteiger partial charge on any atom is -0.451 e. The van der Waals surface area contributed by atoms with Gasteiger partial charge in [0.2, 0.25) is 0 Å². The van der Waals surface area contributed by atoms with Crippen LogP contribution in [0.15, 0.2) is 24.3 Å². The van der Waals surface area contributed by atoms with Gasteiger partial charge in [0.25, 0.3) is 11.8 Å². The highest BCUT2D eigenvalue weighted by molar-refractivity contribution is 6.09. The summed E-state index contributed by atoms with van der Waals surface area (Å²) < 4.78 is 5.06. The summed E-state index contributed by atoms with van der Waals surface area (Å²) in [5.74, 6) is -1.86.